The van der Waals surface area contributed by atoms with Gasteiger partial charge in [-0.15, -0.1) is 0 Å². The van der Waals surface area contributed by atoms with Gasteiger partial charge in [0, 0.05) is 30.4 Å². The number of hydrogen-bond acceptors (Lipinski definition) is 5. The maximum atomic E-state index is 13.5. The van der Waals surface area contributed by atoms with Crippen molar-refractivity contribution in [2.45, 2.75) is 38.6 Å². The number of nitrogens with one attached hydrogen (secondary N) is 1. The van der Waals surface area contributed by atoms with Crippen LogP contribution >= 0.6 is 0 Å². The SMILES string of the molecule is CC(=O)NC(Cc1cccc(F)c1)C(=O)Oc1ccc2c3c(c(=O)oc2c1)CCC3. The van der Waals surface area contributed by atoms with Gasteiger partial charge in [-0.25, -0.2) is 14.0 Å². The van der Waals surface area contributed by atoms with Gasteiger partial charge in [0.25, 0.3) is 0 Å². The van der Waals surface area contributed by atoms with E-state index >= 15 is 0 Å². The maximum absolute atomic E-state index is 13.5. The number of amides is 1. The Hall–Kier alpha value is -3.48. The molecule has 30 heavy (non-hydrogen) atoms. The van der Waals surface area contributed by atoms with E-state index in [0.717, 1.165) is 23.8 Å². The molecule has 2 aromatic carbocycles. The van der Waals surface area contributed by atoms with Crippen LogP contribution in [0, 0.1) is 5.82 Å². The molecule has 0 saturated heterocycles. The standard InChI is InChI=1S/C23H20FNO5/c1-13(26)25-20(11-14-4-2-5-15(24)10-14)23(28)29-16-8-9-18-17-6-3-7-19(17)22(27)30-21(18)12-16/h2,4-5,8-10,12,20H,3,6-7,11H2,1H3,(H,25,26). The van der Waals surface area contributed by atoms with E-state index in [9.17, 15) is 18.8 Å². The summed E-state index contributed by atoms with van der Waals surface area (Å²) in [5.74, 6) is -1.34. The molecule has 4 rings (SSSR count). The third-order valence-corrected chi connectivity index (χ3v) is 5.15. The molecule has 0 saturated carbocycles. The first-order valence-corrected chi connectivity index (χ1v) is 9.72. The van der Waals surface area contributed by atoms with Crippen LogP contribution in [0.5, 0.6) is 5.75 Å². The molecule has 3 aromatic rings. The quantitative estimate of drug-likeness (QED) is 0.398. The summed E-state index contributed by atoms with van der Waals surface area (Å²) in [5, 5.41) is 3.37. The van der Waals surface area contributed by atoms with Gasteiger partial charge in [-0.2, -0.15) is 0 Å². The van der Waals surface area contributed by atoms with Gasteiger partial charge in [0.05, 0.1) is 0 Å². The normalized spacial score (nSPS) is 13.7. The van der Waals surface area contributed by atoms with Gasteiger partial charge in [0.1, 0.15) is 23.2 Å². The monoisotopic (exact) mass is 409 g/mol. The van der Waals surface area contributed by atoms with Gasteiger partial charge in [0.15, 0.2) is 0 Å². The Kier molecular flexibility index (Phi) is 5.35. The van der Waals surface area contributed by atoms with Crippen LogP contribution in [0.4, 0.5) is 4.39 Å². The first-order chi connectivity index (χ1) is 14.4. The van der Waals surface area contributed by atoms with Crippen molar-refractivity contribution in [1.29, 1.82) is 0 Å². The summed E-state index contributed by atoms with van der Waals surface area (Å²) in [6, 6.07) is 9.70. The van der Waals surface area contributed by atoms with Crippen LogP contribution in [0.3, 0.4) is 0 Å². The van der Waals surface area contributed by atoms with Crippen molar-refractivity contribution in [2.75, 3.05) is 0 Å². The summed E-state index contributed by atoms with van der Waals surface area (Å²) in [5.41, 5.74) is 2.24. The number of rotatable bonds is 5. The first kappa shape index (κ1) is 19.8. The average Bonchev–Trinajstić information content (AvgIpc) is 3.18. The Morgan fingerprint density at radius 1 is 1.17 bits per heavy atom. The molecule has 0 radical (unpaired) electrons. The van der Waals surface area contributed by atoms with Crippen molar-refractivity contribution >= 4 is 22.8 Å². The van der Waals surface area contributed by atoms with E-state index in [1.165, 1.54) is 31.2 Å². The molecule has 1 heterocycles. The fraction of sp³-hybridized carbons (Fsp3) is 0.261. The second-order valence-electron chi connectivity index (χ2n) is 7.37. The molecule has 1 unspecified atom stereocenters. The summed E-state index contributed by atoms with van der Waals surface area (Å²) in [6.45, 7) is 1.29. The van der Waals surface area contributed by atoms with Gasteiger partial charge in [-0.1, -0.05) is 12.1 Å². The molecular weight excluding hydrogens is 389 g/mol. The summed E-state index contributed by atoms with van der Waals surface area (Å²) >= 11 is 0. The molecule has 0 bridgehead atoms. The highest BCUT2D eigenvalue weighted by atomic mass is 19.1. The number of aryl methyl sites for hydroxylation is 1. The zero-order valence-electron chi connectivity index (χ0n) is 16.4. The number of carbonyl (C=O) groups excluding carboxylic acids is 2. The second-order valence-corrected chi connectivity index (χ2v) is 7.37. The smallest absolute Gasteiger partial charge is 0.339 e. The minimum absolute atomic E-state index is 0.0757. The van der Waals surface area contributed by atoms with Gasteiger partial charge in [-0.05, 0) is 54.7 Å². The molecule has 6 nitrogen and oxygen atoms in total. The average molecular weight is 409 g/mol. The van der Waals surface area contributed by atoms with E-state index in [1.54, 1.807) is 18.2 Å². The molecular formula is C23H20FNO5. The molecule has 7 heteroatoms. The van der Waals surface area contributed by atoms with Crippen LogP contribution in [-0.4, -0.2) is 17.9 Å². The highest BCUT2D eigenvalue weighted by Crippen LogP contribution is 2.29. The van der Waals surface area contributed by atoms with Crippen molar-refractivity contribution in [3.8, 4) is 5.75 Å². The molecule has 1 atom stereocenters. The molecule has 1 amide bonds. The maximum Gasteiger partial charge on any atom is 0.339 e. The van der Waals surface area contributed by atoms with Crippen LogP contribution in [0.2, 0.25) is 0 Å². The van der Waals surface area contributed by atoms with Crippen LogP contribution in [0.1, 0.15) is 30.0 Å². The third-order valence-electron chi connectivity index (χ3n) is 5.15. The Morgan fingerprint density at radius 2 is 1.97 bits per heavy atom. The molecule has 0 fully saturated rings. The van der Waals surface area contributed by atoms with Crippen molar-refractivity contribution < 1.29 is 23.1 Å². The van der Waals surface area contributed by atoms with E-state index < -0.39 is 23.7 Å². The largest absolute Gasteiger partial charge is 0.425 e. The lowest BCUT2D eigenvalue weighted by Gasteiger charge is -2.17. The molecule has 0 aliphatic heterocycles. The molecule has 154 valence electrons. The van der Waals surface area contributed by atoms with Crippen molar-refractivity contribution in [1.82, 2.24) is 5.32 Å². The highest BCUT2D eigenvalue weighted by Gasteiger charge is 2.24. The number of hydrogen-bond donors (Lipinski definition) is 1. The first-order valence-electron chi connectivity index (χ1n) is 9.72. The molecule has 1 N–H and O–H groups in total. The lowest BCUT2D eigenvalue weighted by Crippen LogP contribution is -2.43. The fourth-order valence-corrected chi connectivity index (χ4v) is 3.85. The van der Waals surface area contributed by atoms with E-state index in [0.29, 0.717) is 23.1 Å². The molecule has 1 aliphatic rings. The number of fused-ring (bicyclic) bond motifs is 3. The number of carbonyl (C=O) groups is 2. The van der Waals surface area contributed by atoms with E-state index in [1.807, 2.05) is 0 Å². The predicted molar refractivity (Wildman–Crippen MR) is 108 cm³/mol. The minimum atomic E-state index is -0.993. The van der Waals surface area contributed by atoms with E-state index in [2.05, 4.69) is 5.32 Å². The van der Waals surface area contributed by atoms with Crippen LogP contribution in [0.25, 0.3) is 11.0 Å². The summed E-state index contributed by atoms with van der Waals surface area (Å²) < 4.78 is 24.3. The van der Waals surface area contributed by atoms with Gasteiger partial charge >= 0.3 is 11.6 Å². The Labute approximate surface area is 171 Å². The predicted octanol–water partition coefficient (Wildman–Crippen LogP) is 3.07. The Bertz CT molecular complexity index is 1200. The van der Waals surface area contributed by atoms with Crippen molar-refractivity contribution in [2.24, 2.45) is 0 Å². The minimum Gasteiger partial charge on any atom is -0.425 e. The lowest BCUT2D eigenvalue weighted by atomic mass is 10.1. The highest BCUT2D eigenvalue weighted by molar-refractivity contribution is 5.87. The van der Waals surface area contributed by atoms with Crippen LogP contribution in [0.15, 0.2) is 51.7 Å². The van der Waals surface area contributed by atoms with Gasteiger partial charge in [0.2, 0.25) is 5.91 Å². The zero-order valence-corrected chi connectivity index (χ0v) is 16.4. The van der Waals surface area contributed by atoms with E-state index in [4.69, 9.17) is 9.15 Å². The van der Waals surface area contributed by atoms with Gasteiger partial charge in [-0.3, -0.25) is 4.79 Å². The topological polar surface area (TPSA) is 85.6 Å². The number of benzene rings is 2. The van der Waals surface area contributed by atoms with Crippen molar-refractivity contribution in [3.05, 3.63) is 75.4 Å². The number of halogens is 1. The Morgan fingerprint density at radius 3 is 2.73 bits per heavy atom. The zero-order chi connectivity index (χ0) is 21.3. The number of ether oxygens (including phenoxy) is 1. The Balaban J connectivity index is 1.58. The van der Waals surface area contributed by atoms with E-state index in [-0.39, 0.29) is 17.8 Å². The van der Waals surface area contributed by atoms with Crippen LogP contribution < -0.4 is 15.7 Å². The molecule has 1 aliphatic carbocycles. The molecule has 0 spiro atoms. The number of esters is 1. The van der Waals surface area contributed by atoms with Crippen LogP contribution in [-0.2, 0) is 28.9 Å². The summed E-state index contributed by atoms with van der Waals surface area (Å²) in [4.78, 5) is 36.4. The third kappa shape index (κ3) is 4.10. The second kappa shape index (κ2) is 8.10. The molecule has 1 aromatic heterocycles. The summed E-state index contributed by atoms with van der Waals surface area (Å²) in [7, 11) is 0. The van der Waals surface area contributed by atoms with Crippen molar-refractivity contribution in [3.63, 3.8) is 0 Å². The fourth-order valence-electron chi connectivity index (χ4n) is 3.85. The lowest BCUT2D eigenvalue weighted by molar-refractivity contribution is -0.139. The summed E-state index contributed by atoms with van der Waals surface area (Å²) in [6.07, 6.45) is 2.51. The van der Waals surface area contributed by atoms with Gasteiger partial charge < -0.3 is 14.5 Å².